The highest BCUT2D eigenvalue weighted by atomic mass is 79.9. The minimum Gasteiger partial charge on any atom is -0.358 e. The summed E-state index contributed by atoms with van der Waals surface area (Å²) in [4.78, 5) is 11.7. The van der Waals surface area contributed by atoms with Gasteiger partial charge in [-0.05, 0) is 34.8 Å². The minimum absolute atomic E-state index is 0.153. The molecule has 0 radical (unpaired) electrons. The number of carbonyl (C=O) groups is 1. The zero-order valence-electron chi connectivity index (χ0n) is 10.0. The van der Waals surface area contributed by atoms with Crippen molar-refractivity contribution in [3.05, 3.63) is 14.9 Å². The van der Waals surface area contributed by atoms with Crippen LogP contribution in [0.1, 0.15) is 12.8 Å². The van der Waals surface area contributed by atoms with Crippen LogP contribution in [-0.2, 0) is 14.8 Å². The summed E-state index contributed by atoms with van der Waals surface area (Å²) in [5.74, 6) is -0.275. The first-order valence-electron chi connectivity index (χ1n) is 5.56. The van der Waals surface area contributed by atoms with Crippen LogP contribution >= 0.6 is 38.9 Å². The molecule has 0 aliphatic carbocycles. The van der Waals surface area contributed by atoms with E-state index in [0.29, 0.717) is 28.2 Å². The Kier molecular flexibility index (Phi) is 4.56. The first-order chi connectivity index (χ1) is 8.87. The summed E-state index contributed by atoms with van der Waals surface area (Å²) in [5, 5.41) is 2.86. The van der Waals surface area contributed by atoms with Crippen LogP contribution in [0, 0.1) is 0 Å². The molecule has 1 aliphatic rings. The van der Waals surface area contributed by atoms with Crippen molar-refractivity contribution in [3.63, 3.8) is 0 Å². The smallest absolute Gasteiger partial charge is 0.253 e. The number of rotatable bonds is 3. The highest BCUT2D eigenvalue weighted by Crippen LogP contribution is 2.37. The van der Waals surface area contributed by atoms with Gasteiger partial charge < -0.3 is 5.32 Å². The lowest BCUT2D eigenvalue weighted by atomic mass is 10.2. The SMILES string of the molecule is CNC(=O)C1CCCN1S(=O)(=O)c1cc(Cl)c(Br)s1. The Morgan fingerprint density at radius 2 is 2.32 bits per heavy atom. The molecule has 9 heteroatoms. The van der Waals surface area contributed by atoms with Crippen molar-refractivity contribution in [2.75, 3.05) is 13.6 Å². The molecule has 1 fully saturated rings. The van der Waals surface area contributed by atoms with Crippen LogP contribution in [0.25, 0.3) is 0 Å². The van der Waals surface area contributed by atoms with E-state index in [2.05, 4.69) is 21.2 Å². The maximum absolute atomic E-state index is 12.5. The van der Waals surface area contributed by atoms with Crippen LogP contribution in [-0.4, -0.2) is 38.3 Å². The molecular weight excluding hydrogens is 376 g/mol. The van der Waals surface area contributed by atoms with E-state index >= 15 is 0 Å². The average Bonchev–Trinajstić information content (AvgIpc) is 2.97. The number of hydrogen-bond acceptors (Lipinski definition) is 4. The van der Waals surface area contributed by atoms with E-state index in [9.17, 15) is 13.2 Å². The van der Waals surface area contributed by atoms with Crippen molar-refractivity contribution in [1.29, 1.82) is 0 Å². The van der Waals surface area contributed by atoms with Gasteiger partial charge in [0, 0.05) is 13.6 Å². The molecule has 106 valence electrons. The van der Waals surface area contributed by atoms with Crippen LogP contribution in [0.3, 0.4) is 0 Å². The van der Waals surface area contributed by atoms with E-state index in [1.165, 1.54) is 17.4 Å². The van der Waals surface area contributed by atoms with Gasteiger partial charge in [0.15, 0.2) is 0 Å². The molecule has 0 bridgehead atoms. The fourth-order valence-electron chi connectivity index (χ4n) is 2.03. The second-order valence-electron chi connectivity index (χ2n) is 4.08. The highest BCUT2D eigenvalue weighted by molar-refractivity contribution is 9.11. The standard InChI is InChI=1S/C10H12BrClN2O3S2/c1-13-10(15)7-3-2-4-14(7)19(16,17)8-5-6(12)9(11)18-8/h5,7H,2-4H2,1H3,(H,13,15). The lowest BCUT2D eigenvalue weighted by Gasteiger charge is -2.21. The summed E-state index contributed by atoms with van der Waals surface area (Å²) in [7, 11) is -2.16. The predicted octanol–water partition coefficient (Wildman–Crippen LogP) is 2.06. The molecule has 1 N–H and O–H groups in total. The molecule has 19 heavy (non-hydrogen) atoms. The molecule has 5 nitrogen and oxygen atoms in total. The quantitative estimate of drug-likeness (QED) is 0.863. The Bertz CT molecular complexity index is 582. The third-order valence-corrected chi connectivity index (χ3v) is 7.77. The number of carbonyl (C=O) groups excluding carboxylic acids is 1. The molecule has 0 spiro atoms. The summed E-state index contributed by atoms with van der Waals surface area (Å²) in [6.45, 7) is 0.355. The third kappa shape index (κ3) is 2.82. The Hall–Kier alpha value is -0.150. The van der Waals surface area contributed by atoms with Crippen LogP contribution in [0.2, 0.25) is 5.02 Å². The second kappa shape index (κ2) is 5.69. The fourth-order valence-corrected chi connectivity index (χ4v) is 6.21. The molecule has 1 atom stereocenters. The van der Waals surface area contributed by atoms with Gasteiger partial charge in [-0.1, -0.05) is 11.6 Å². The molecule has 0 aromatic carbocycles. The lowest BCUT2D eigenvalue weighted by molar-refractivity contribution is -0.123. The molecule has 0 saturated carbocycles. The molecule has 1 amide bonds. The number of amides is 1. The molecular formula is C10H12BrClN2O3S2. The second-order valence-corrected chi connectivity index (χ2v) is 8.97. The lowest BCUT2D eigenvalue weighted by Crippen LogP contribution is -2.44. The maximum atomic E-state index is 12.5. The monoisotopic (exact) mass is 386 g/mol. The van der Waals surface area contributed by atoms with Gasteiger partial charge in [0.05, 0.1) is 8.81 Å². The van der Waals surface area contributed by atoms with Gasteiger partial charge in [0.25, 0.3) is 10.0 Å². The van der Waals surface area contributed by atoms with Gasteiger partial charge in [-0.15, -0.1) is 11.3 Å². The normalized spacial score (nSPS) is 20.7. The van der Waals surface area contributed by atoms with E-state index in [1.807, 2.05) is 0 Å². The maximum Gasteiger partial charge on any atom is 0.253 e. The van der Waals surface area contributed by atoms with Gasteiger partial charge in [0.1, 0.15) is 10.3 Å². The summed E-state index contributed by atoms with van der Waals surface area (Å²) < 4.78 is 27.0. The molecule has 1 aromatic heterocycles. The number of halogens is 2. The van der Waals surface area contributed by atoms with Gasteiger partial charge >= 0.3 is 0 Å². The van der Waals surface area contributed by atoms with E-state index in [1.54, 1.807) is 0 Å². The number of nitrogens with zero attached hydrogens (tertiary/aromatic N) is 1. The van der Waals surface area contributed by atoms with E-state index < -0.39 is 16.1 Å². The summed E-state index contributed by atoms with van der Waals surface area (Å²) in [6.07, 6.45) is 1.22. The van der Waals surface area contributed by atoms with Crippen molar-refractivity contribution in [2.24, 2.45) is 0 Å². The third-order valence-electron chi connectivity index (χ3n) is 2.94. The van der Waals surface area contributed by atoms with Gasteiger partial charge in [-0.25, -0.2) is 8.42 Å². The number of likely N-dealkylation sites (N-methyl/N-ethyl adjacent to an activating group) is 1. The Labute approximate surface area is 129 Å². The summed E-state index contributed by atoms with van der Waals surface area (Å²) in [5.41, 5.74) is 0. The van der Waals surface area contributed by atoms with E-state index in [4.69, 9.17) is 11.6 Å². The van der Waals surface area contributed by atoms with Crippen molar-refractivity contribution in [1.82, 2.24) is 9.62 Å². The molecule has 1 saturated heterocycles. The first kappa shape index (κ1) is 15.2. The summed E-state index contributed by atoms with van der Waals surface area (Å²) in [6, 6.07) is 0.778. The van der Waals surface area contributed by atoms with Gasteiger partial charge in [-0.3, -0.25) is 4.79 Å². The van der Waals surface area contributed by atoms with Crippen molar-refractivity contribution >= 4 is 54.8 Å². The molecule has 2 heterocycles. The Balaban J connectivity index is 2.36. The summed E-state index contributed by atoms with van der Waals surface area (Å²) >= 11 is 10.1. The minimum atomic E-state index is -3.67. The van der Waals surface area contributed by atoms with E-state index in [0.717, 1.165) is 11.3 Å². The van der Waals surface area contributed by atoms with Gasteiger partial charge in [0.2, 0.25) is 5.91 Å². The van der Waals surface area contributed by atoms with Gasteiger partial charge in [-0.2, -0.15) is 4.31 Å². The average molecular weight is 388 g/mol. The zero-order valence-corrected chi connectivity index (χ0v) is 14.0. The number of sulfonamides is 1. The van der Waals surface area contributed by atoms with Crippen LogP contribution in [0.5, 0.6) is 0 Å². The topological polar surface area (TPSA) is 66.5 Å². The number of hydrogen-bond donors (Lipinski definition) is 1. The number of nitrogens with one attached hydrogen (secondary N) is 1. The Morgan fingerprint density at radius 3 is 2.84 bits per heavy atom. The van der Waals surface area contributed by atoms with Crippen LogP contribution < -0.4 is 5.32 Å². The largest absolute Gasteiger partial charge is 0.358 e. The highest BCUT2D eigenvalue weighted by Gasteiger charge is 2.39. The van der Waals surface area contributed by atoms with E-state index in [-0.39, 0.29) is 10.1 Å². The molecule has 1 aliphatic heterocycles. The van der Waals surface area contributed by atoms with Crippen LogP contribution in [0.4, 0.5) is 0 Å². The molecule has 2 rings (SSSR count). The van der Waals surface area contributed by atoms with Crippen molar-refractivity contribution < 1.29 is 13.2 Å². The fraction of sp³-hybridized carbons (Fsp3) is 0.500. The van der Waals surface area contributed by atoms with Crippen molar-refractivity contribution in [2.45, 2.75) is 23.1 Å². The van der Waals surface area contributed by atoms with Crippen LogP contribution in [0.15, 0.2) is 14.1 Å². The zero-order chi connectivity index (χ0) is 14.2. The molecule has 1 unspecified atom stereocenters. The number of thiophene rings is 1. The predicted molar refractivity (Wildman–Crippen MR) is 78.0 cm³/mol. The van der Waals surface area contributed by atoms with Crippen molar-refractivity contribution in [3.8, 4) is 0 Å². The first-order valence-corrected chi connectivity index (χ1v) is 8.99. The molecule has 1 aromatic rings. The Morgan fingerprint density at radius 1 is 1.63 bits per heavy atom.